The fourth-order valence-electron chi connectivity index (χ4n) is 2.65. The number of aryl methyl sites for hydroxylation is 1. The van der Waals surface area contributed by atoms with Crippen LogP contribution in [0.15, 0.2) is 21.3 Å². The standard InChI is InChI=1S/C15H20N4O2S/c1-19(12-4-7-16-8-5-12)14(20)3-2-13-17-15(18-21-13)11-6-9-22-10-11/h6,9-10,12,16H,2-5,7-8H2,1H3. The highest BCUT2D eigenvalue weighted by atomic mass is 32.1. The van der Waals surface area contributed by atoms with Gasteiger partial charge in [-0.1, -0.05) is 5.16 Å². The van der Waals surface area contributed by atoms with Crippen molar-refractivity contribution in [1.29, 1.82) is 0 Å². The van der Waals surface area contributed by atoms with Crippen LogP contribution in [0.25, 0.3) is 11.4 Å². The number of carbonyl (C=O) groups excluding carboxylic acids is 1. The van der Waals surface area contributed by atoms with Crippen molar-refractivity contribution in [2.75, 3.05) is 20.1 Å². The molecule has 1 aliphatic rings. The molecule has 2 aromatic heterocycles. The number of nitrogens with one attached hydrogen (secondary N) is 1. The lowest BCUT2D eigenvalue weighted by Crippen LogP contribution is -2.44. The van der Waals surface area contributed by atoms with Crippen LogP contribution in [0.1, 0.15) is 25.2 Å². The van der Waals surface area contributed by atoms with Crippen molar-refractivity contribution in [1.82, 2.24) is 20.4 Å². The van der Waals surface area contributed by atoms with Crippen molar-refractivity contribution in [2.24, 2.45) is 0 Å². The summed E-state index contributed by atoms with van der Waals surface area (Å²) < 4.78 is 5.23. The fraction of sp³-hybridized carbons (Fsp3) is 0.533. The molecule has 0 atom stereocenters. The molecular weight excluding hydrogens is 300 g/mol. The Labute approximate surface area is 133 Å². The summed E-state index contributed by atoms with van der Waals surface area (Å²) in [4.78, 5) is 18.5. The van der Waals surface area contributed by atoms with Gasteiger partial charge in [0, 0.05) is 36.9 Å². The van der Waals surface area contributed by atoms with Gasteiger partial charge in [0.2, 0.25) is 17.6 Å². The van der Waals surface area contributed by atoms with Gasteiger partial charge in [0.1, 0.15) is 0 Å². The highest BCUT2D eigenvalue weighted by Crippen LogP contribution is 2.19. The van der Waals surface area contributed by atoms with Gasteiger partial charge in [-0.3, -0.25) is 4.79 Å². The minimum Gasteiger partial charge on any atom is -0.343 e. The summed E-state index contributed by atoms with van der Waals surface area (Å²) in [5, 5.41) is 11.2. The molecule has 0 aliphatic carbocycles. The quantitative estimate of drug-likeness (QED) is 0.911. The summed E-state index contributed by atoms with van der Waals surface area (Å²) in [7, 11) is 1.89. The van der Waals surface area contributed by atoms with Crippen LogP contribution in [0.2, 0.25) is 0 Å². The van der Waals surface area contributed by atoms with E-state index in [1.54, 1.807) is 11.3 Å². The van der Waals surface area contributed by atoms with Crippen molar-refractivity contribution in [2.45, 2.75) is 31.7 Å². The predicted octanol–water partition coefficient (Wildman–Crippen LogP) is 1.94. The SMILES string of the molecule is CN(C(=O)CCc1nc(-c2ccsc2)no1)C1CCNCC1. The van der Waals surface area contributed by atoms with Gasteiger partial charge in [0.05, 0.1) is 0 Å². The Kier molecular flexibility index (Phi) is 4.84. The third kappa shape index (κ3) is 3.53. The van der Waals surface area contributed by atoms with Crippen molar-refractivity contribution in [3.8, 4) is 11.4 Å². The Morgan fingerprint density at radius 1 is 1.50 bits per heavy atom. The molecule has 0 bridgehead atoms. The van der Waals surface area contributed by atoms with Gasteiger partial charge in [-0.05, 0) is 37.4 Å². The molecule has 1 fully saturated rings. The molecular formula is C15H20N4O2S. The number of piperidine rings is 1. The molecule has 1 aliphatic heterocycles. The molecule has 1 N–H and O–H groups in total. The highest BCUT2D eigenvalue weighted by molar-refractivity contribution is 7.08. The van der Waals surface area contributed by atoms with Crippen LogP contribution in [0.3, 0.4) is 0 Å². The van der Waals surface area contributed by atoms with Crippen LogP contribution in [-0.2, 0) is 11.2 Å². The first-order valence-electron chi connectivity index (χ1n) is 7.55. The first-order chi connectivity index (χ1) is 10.7. The number of nitrogens with zero attached hydrogens (tertiary/aromatic N) is 3. The lowest BCUT2D eigenvalue weighted by molar-refractivity contribution is -0.132. The van der Waals surface area contributed by atoms with E-state index >= 15 is 0 Å². The van der Waals surface area contributed by atoms with Crippen molar-refractivity contribution < 1.29 is 9.32 Å². The monoisotopic (exact) mass is 320 g/mol. The Morgan fingerprint density at radius 2 is 2.32 bits per heavy atom. The van der Waals surface area contributed by atoms with Crippen LogP contribution in [0, 0.1) is 0 Å². The van der Waals surface area contributed by atoms with E-state index in [-0.39, 0.29) is 5.91 Å². The van der Waals surface area contributed by atoms with Crippen LogP contribution < -0.4 is 5.32 Å². The second kappa shape index (κ2) is 7.02. The van der Waals surface area contributed by atoms with Gasteiger partial charge < -0.3 is 14.7 Å². The van der Waals surface area contributed by atoms with Crippen LogP contribution >= 0.6 is 11.3 Å². The van der Waals surface area contributed by atoms with Crippen molar-refractivity contribution in [3.63, 3.8) is 0 Å². The van der Waals surface area contributed by atoms with Crippen LogP contribution in [0.5, 0.6) is 0 Å². The van der Waals surface area contributed by atoms with E-state index in [4.69, 9.17) is 4.52 Å². The Bertz CT molecular complexity index is 605. The molecule has 1 saturated heterocycles. The summed E-state index contributed by atoms with van der Waals surface area (Å²) in [5.74, 6) is 1.26. The Balaban J connectivity index is 1.52. The summed E-state index contributed by atoms with van der Waals surface area (Å²) in [6, 6.07) is 2.30. The van der Waals surface area contributed by atoms with E-state index in [2.05, 4.69) is 15.5 Å². The molecule has 0 spiro atoms. The Hall–Kier alpha value is -1.73. The number of carbonyl (C=O) groups is 1. The molecule has 22 heavy (non-hydrogen) atoms. The number of hydrogen-bond donors (Lipinski definition) is 1. The molecule has 118 valence electrons. The molecule has 7 heteroatoms. The topological polar surface area (TPSA) is 71.3 Å². The Morgan fingerprint density at radius 3 is 3.05 bits per heavy atom. The first-order valence-corrected chi connectivity index (χ1v) is 8.50. The van der Waals surface area contributed by atoms with Gasteiger partial charge in [-0.15, -0.1) is 0 Å². The van der Waals surface area contributed by atoms with Crippen molar-refractivity contribution >= 4 is 17.2 Å². The van der Waals surface area contributed by atoms with E-state index < -0.39 is 0 Å². The highest BCUT2D eigenvalue weighted by Gasteiger charge is 2.22. The number of hydrogen-bond acceptors (Lipinski definition) is 6. The predicted molar refractivity (Wildman–Crippen MR) is 84.6 cm³/mol. The van der Waals surface area contributed by atoms with Gasteiger partial charge in [0.15, 0.2) is 0 Å². The zero-order chi connectivity index (χ0) is 15.4. The minimum atomic E-state index is 0.141. The molecule has 0 aromatic carbocycles. The first kappa shape index (κ1) is 15.2. The van der Waals surface area contributed by atoms with Gasteiger partial charge in [0.25, 0.3) is 0 Å². The molecule has 3 rings (SSSR count). The van der Waals surface area contributed by atoms with Gasteiger partial charge >= 0.3 is 0 Å². The van der Waals surface area contributed by atoms with Crippen LogP contribution in [-0.4, -0.2) is 47.1 Å². The largest absolute Gasteiger partial charge is 0.343 e. The molecule has 0 radical (unpaired) electrons. The van der Waals surface area contributed by atoms with E-state index in [0.717, 1.165) is 31.5 Å². The van der Waals surface area contributed by atoms with Crippen molar-refractivity contribution in [3.05, 3.63) is 22.7 Å². The van der Waals surface area contributed by atoms with E-state index in [1.165, 1.54) is 0 Å². The van der Waals surface area contributed by atoms with Gasteiger partial charge in [-0.2, -0.15) is 16.3 Å². The normalized spacial score (nSPS) is 15.9. The maximum Gasteiger partial charge on any atom is 0.227 e. The molecule has 3 heterocycles. The van der Waals surface area contributed by atoms with E-state index in [1.807, 2.05) is 28.8 Å². The lowest BCUT2D eigenvalue weighted by Gasteiger charge is -2.31. The van der Waals surface area contributed by atoms with Gasteiger partial charge in [-0.25, -0.2) is 0 Å². The zero-order valence-corrected chi connectivity index (χ0v) is 13.4. The number of amides is 1. The average Bonchev–Trinajstić information content (AvgIpc) is 3.23. The number of aromatic nitrogens is 2. The number of rotatable bonds is 5. The summed E-state index contributed by atoms with van der Waals surface area (Å²) >= 11 is 1.59. The zero-order valence-electron chi connectivity index (χ0n) is 12.6. The van der Waals surface area contributed by atoms with E-state index in [9.17, 15) is 4.79 Å². The minimum absolute atomic E-state index is 0.141. The summed E-state index contributed by atoms with van der Waals surface area (Å²) in [6.07, 6.45) is 2.94. The average molecular weight is 320 g/mol. The second-order valence-electron chi connectivity index (χ2n) is 5.51. The molecule has 1 amide bonds. The third-order valence-electron chi connectivity index (χ3n) is 4.05. The molecule has 0 saturated carbocycles. The second-order valence-corrected chi connectivity index (χ2v) is 6.29. The number of thiophene rings is 1. The molecule has 2 aromatic rings. The smallest absolute Gasteiger partial charge is 0.227 e. The maximum atomic E-state index is 12.3. The van der Waals surface area contributed by atoms with E-state index in [0.29, 0.717) is 30.6 Å². The lowest BCUT2D eigenvalue weighted by atomic mass is 10.0. The summed E-state index contributed by atoms with van der Waals surface area (Å²) in [5.41, 5.74) is 0.957. The fourth-order valence-corrected chi connectivity index (χ4v) is 3.29. The van der Waals surface area contributed by atoms with Crippen LogP contribution in [0.4, 0.5) is 0 Å². The molecule has 6 nitrogen and oxygen atoms in total. The maximum absolute atomic E-state index is 12.3. The molecule has 0 unspecified atom stereocenters. The summed E-state index contributed by atoms with van der Waals surface area (Å²) in [6.45, 7) is 1.96. The third-order valence-corrected chi connectivity index (χ3v) is 4.73.